The largest absolute Gasteiger partial charge is 0.508 e. The number of aromatic hydroxyl groups is 4. The summed E-state index contributed by atoms with van der Waals surface area (Å²) in [7, 11) is 0. The van der Waals surface area contributed by atoms with Crippen molar-refractivity contribution < 1.29 is 118 Å². The summed E-state index contributed by atoms with van der Waals surface area (Å²) in [5, 5.41) is 138. The molecule has 72 heavy (non-hydrogen) atoms. The van der Waals surface area contributed by atoms with E-state index in [0.29, 0.717) is 5.56 Å². The van der Waals surface area contributed by atoms with Gasteiger partial charge < -0.3 is 113 Å². The third-order valence-electron chi connectivity index (χ3n) is 12.5. The topological polar surface area (TPSA) is 393 Å². The molecule has 4 aliphatic heterocycles. The Kier molecular flexibility index (Phi) is 16.0. The van der Waals surface area contributed by atoms with Crippen LogP contribution in [-0.2, 0) is 42.7 Å². The molecule has 25 nitrogen and oxygen atoms in total. The molecule has 0 amide bonds. The van der Waals surface area contributed by atoms with Crippen molar-refractivity contribution in [2.45, 2.75) is 131 Å². The Morgan fingerprint density at radius 2 is 1.26 bits per heavy atom. The van der Waals surface area contributed by atoms with Crippen LogP contribution in [0.1, 0.15) is 19.4 Å². The molecule has 8 rings (SSSR count). The van der Waals surface area contributed by atoms with Crippen molar-refractivity contribution in [3.63, 3.8) is 0 Å². The van der Waals surface area contributed by atoms with E-state index in [1.54, 1.807) is 0 Å². The van der Waals surface area contributed by atoms with Crippen LogP contribution in [-0.4, -0.2) is 202 Å². The Morgan fingerprint density at radius 1 is 0.639 bits per heavy atom. The minimum absolute atomic E-state index is 0.0634. The Balaban J connectivity index is 1.17. The molecule has 19 atom stereocenters. The summed E-state index contributed by atoms with van der Waals surface area (Å²) in [6, 6.07) is 12.6. The first-order valence-electron chi connectivity index (χ1n) is 22.5. The van der Waals surface area contributed by atoms with E-state index < -0.39 is 170 Å². The first kappa shape index (κ1) is 52.8. The summed E-state index contributed by atoms with van der Waals surface area (Å²) in [5.41, 5.74) is -0.945. The van der Waals surface area contributed by atoms with Crippen molar-refractivity contribution in [1.82, 2.24) is 0 Å². The molecule has 0 spiro atoms. The normalized spacial score (nSPS) is 36.3. The summed E-state index contributed by atoms with van der Waals surface area (Å²) < 4.78 is 58.9. The smallest absolute Gasteiger partial charge is 0.331 e. The molecule has 4 saturated heterocycles. The van der Waals surface area contributed by atoms with Crippen molar-refractivity contribution in [2.24, 2.45) is 0 Å². The van der Waals surface area contributed by atoms with Gasteiger partial charge in [0.1, 0.15) is 101 Å². The molecule has 1 aromatic heterocycles. The molecule has 0 bridgehead atoms. The molecular weight excluding hydrogens is 964 g/mol. The molecule has 4 aromatic rings. The monoisotopic (exact) mass is 1020 g/mol. The van der Waals surface area contributed by atoms with Crippen molar-refractivity contribution in [2.75, 3.05) is 13.2 Å². The number of phenolic OH excluding ortho intramolecular Hbond substituents is 4. The zero-order valence-corrected chi connectivity index (χ0v) is 38.0. The van der Waals surface area contributed by atoms with Crippen LogP contribution in [0.2, 0.25) is 0 Å². The molecular formula is C47H54O25. The zero-order valence-electron chi connectivity index (χ0n) is 38.0. The standard InChI is InChI=1S/C47H54O25/c1-17-30(54)34(58)36(60)46(66-17)72-43-37(61)40(69-28(53)12-5-19-3-8-21(48)9-4-19)27(16-64-45-38(62)41(31(55)18(2)65-45)70-44-35(59)32(56)25(52)15-63-44)68-47(43)71-42-33(57)29-24(51)13-23(50)14-26(29)67-39(42)20-6-10-22(49)11-7-20/h3-14,17-18,25,27,30-32,34-38,40-41,43-52,54-56,58-62H,15-16H2,1-2H3/b12-5+/t17-,18-,25+,27+,30-,31-,32-,34+,35+,36+,37-,38+,40-,41+,43+,44-,45+,46-,47-/m0/s1. The number of hydrogen-bond acceptors (Lipinski definition) is 25. The first-order chi connectivity index (χ1) is 34.2. The van der Waals surface area contributed by atoms with Crippen LogP contribution in [0.5, 0.6) is 28.7 Å². The molecule has 13 N–H and O–H groups in total. The van der Waals surface area contributed by atoms with Crippen LogP contribution in [0.15, 0.2) is 76.0 Å². The van der Waals surface area contributed by atoms with Crippen molar-refractivity contribution in [3.05, 3.63) is 82.5 Å². The SMILES string of the molecule is C[C@@H]1O[C@@H](O[C@H]2[C@H](Oc3c(-c4ccc(O)cc4)oc4cc(O)cc(O)c4c3=O)O[C@H](CO[C@@H]3O[C@@H](C)[C@H](O)[C@@H](O[C@@H]4OC[C@@H](O)[C@H](O)[C@H]4O)[C@H]3O)[C@H](OC(=O)/C=C/c3ccc(O)cc3)[C@@H]2O)[C@H](O)[C@H](O)[C@H]1O. The van der Waals surface area contributed by atoms with Crippen LogP contribution in [0.4, 0.5) is 0 Å². The summed E-state index contributed by atoms with van der Waals surface area (Å²) in [6.45, 7) is 1.38. The van der Waals surface area contributed by atoms with Crippen LogP contribution in [0.25, 0.3) is 28.4 Å². The van der Waals surface area contributed by atoms with E-state index in [4.69, 9.17) is 47.0 Å². The van der Waals surface area contributed by atoms with E-state index in [2.05, 4.69) is 0 Å². The molecule has 0 saturated carbocycles. The fraction of sp³-hybridized carbons (Fsp3) is 0.489. The Morgan fingerprint density at radius 3 is 1.96 bits per heavy atom. The van der Waals surface area contributed by atoms with Gasteiger partial charge in [-0.25, -0.2) is 4.79 Å². The van der Waals surface area contributed by atoms with Gasteiger partial charge in [-0.05, 0) is 61.9 Å². The second-order valence-corrected chi connectivity index (χ2v) is 17.6. The van der Waals surface area contributed by atoms with Gasteiger partial charge in [-0.2, -0.15) is 0 Å². The lowest BCUT2D eigenvalue weighted by molar-refractivity contribution is -0.365. The van der Waals surface area contributed by atoms with Crippen LogP contribution < -0.4 is 10.2 Å². The van der Waals surface area contributed by atoms with E-state index in [1.165, 1.54) is 68.5 Å². The quantitative estimate of drug-likeness (QED) is 0.0503. The van der Waals surface area contributed by atoms with E-state index >= 15 is 0 Å². The van der Waals surface area contributed by atoms with Gasteiger partial charge >= 0.3 is 5.97 Å². The van der Waals surface area contributed by atoms with Gasteiger partial charge in [0.25, 0.3) is 0 Å². The Labute approximate surface area is 406 Å². The summed E-state index contributed by atoms with van der Waals surface area (Å²) in [5.74, 6) is -3.80. The number of aliphatic hydroxyl groups is 9. The molecule has 0 radical (unpaired) electrons. The van der Waals surface area contributed by atoms with E-state index in [1.807, 2.05) is 0 Å². The molecule has 3 aromatic carbocycles. The average molecular weight is 1020 g/mol. The molecule has 25 heteroatoms. The molecule has 4 aliphatic rings. The lowest BCUT2D eigenvalue weighted by Crippen LogP contribution is -2.66. The predicted octanol–water partition coefficient (Wildman–Crippen LogP) is -2.11. The van der Waals surface area contributed by atoms with Gasteiger partial charge in [0, 0.05) is 23.8 Å². The lowest BCUT2D eigenvalue weighted by atomic mass is 9.97. The number of aliphatic hydroxyl groups excluding tert-OH is 9. The Hall–Kier alpha value is -5.56. The molecule has 4 fully saturated rings. The van der Waals surface area contributed by atoms with Crippen molar-refractivity contribution in [1.29, 1.82) is 0 Å². The summed E-state index contributed by atoms with van der Waals surface area (Å²) in [6.07, 6.45) is -31.2. The highest BCUT2D eigenvalue weighted by molar-refractivity contribution is 5.88. The number of phenols is 4. The first-order valence-corrected chi connectivity index (χ1v) is 22.5. The second kappa shape index (κ2) is 21.9. The third-order valence-corrected chi connectivity index (χ3v) is 12.5. The number of esters is 1. The second-order valence-electron chi connectivity index (χ2n) is 17.6. The minimum Gasteiger partial charge on any atom is -0.508 e. The number of hydrogen-bond donors (Lipinski definition) is 13. The van der Waals surface area contributed by atoms with Crippen LogP contribution in [0.3, 0.4) is 0 Å². The lowest BCUT2D eigenvalue weighted by Gasteiger charge is -2.47. The predicted molar refractivity (Wildman–Crippen MR) is 237 cm³/mol. The summed E-state index contributed by atoms with van der Waals surface area (Å²) in [4.78, 5) is 28.1. The van der Waals surface area contributed by atoms with Crippen molar-refractivity contribution in [3.8, 4) is 40.1 Å². The van der Waals surface area contributed by atoms with Gasteiger partial charge in [-0.1, -0.05) is 12.1 Å². The number of carbonyl (C=O) groups excluding carboxylic acids is 1. The van der Waals surface area contributed by atoms with Crippen LogP contribution >= 0.6 is 0 Å². The molecule has 0 aliphatic carbocycles. The van der Waals surface area contributed by atoms with Gasteiger partial charge in [0.2, 0.25) is 17.5 Å². The Bertz CT molecular complexity index is 2590. The maximum atomic E-state index is 14.5. The summed E-state index contributed by atoms with van der Waals surface area (Å²) >= 11 is 0. The minimum atomic E-state index is -2.17. The zero-order chi connectivity index (χ0) is 51.9. The fourth-order valence-electron chi connectivity index (χ4n) is 8.45. The number of fused-ring (bicyclic) bond motifs is 1. The average Bonchev–Trinajstić information content (AvgIpc) is 3.34. The maximum Gasteiger partial charge on any atom is 0.331 e. The number of ether oxygens (including phenoxy) is 9. The van der Waals surface area contributed by atoms with Gasteiger partial charge in [-0.15, -0.1) is 0 Å². The molecule has 392 valence electrons. The van der Waals surface area contributed by atoms with Crippen LogP contribution in [0, 0.1) is 0 Å². The highest BCUT2D eigenvalue weighted by Gasteiger charge is 2.54. The van der Waals surface area contributed by atoms with Gasteiger partial charge in [0.05, 0.1) is 25.4 Å². The highest BCUT2D eigenvalue weighted by atomic mass is 16.8. The highest BCUT2D eigenvalue weighted by Crippen LogP contribution is 2.39. The number of carbonyl (C=O) groups is 1. The van der Waals surface area contributed by atoms with Crippen molar-refractivity contribution >= 4 is 23.0 Å². The molecule has 0 unspecified atom stereocenters. The number of benzene rings is 3. The third kappa shape index (κ3) is 11.0. The molecule has 5 heterocycles. The van der Waals surface area contributed by atoms with Gasteiger partial charge in [0.15, 0.2) is 36.8 Å². The van der Waals surface area contributed by atoms with E-state index in [-0.39, 0.29) is 22.6 Å². The number of rotatable bonds is 13. The van der Waals surface area contributed by atoms with Gasteiger partial charge in [-0.3, -0.25) is 4.79 Å². The fourth-order valence-corrected chi connectivity index (χ4v) is 8.45. The van der Waals surface area contributed by atoms with E-state index in [9.17, 15) is 76.0 Å². The van der Waals surface area contributed by atoms with E-state index in [0.717, 1.165) is 18.2 Å². The maximum absolute atomic E-state index is 14.5.